The molecule has 0 amide bonds. The smallest absolute Gasteiger partial charge is 0.297 e. The summed E-state index contributed by atoms with van der Waals surface area (Å²) in [7, 11) is 0. The van der Waals surface area contributed by atoms with Crippen molar-refractivity contribution in [3.8, 4) is 0 Å². The van der Waals surface area contributed by atoms with Crippen LogP contribution in [0.4, 0.5) is 34.1 Å². The first-order valence-electron chi connectivity index (χ1n) is 30.0. The standard InChI is InChI=1S/C72H87BN2O/c1-66(2,3)47-26-29-62-50(38-47)64-65(76-62)73-57-41-54-56(72(14,15)35-33-70(54,10)11)43-59(57)75(58-42-55-53(69(8,9)32-34-71(55,12)13)40-49(58)45-24-20-17-21-25-45)61-37-46(44-22-18-16-19-23-44)36-60(63(61)73)74(64)48-27-28-51-52(39-48)68(6,7)31-30-67(51,4)5/h17,20,24,26-29,36-44H,16,18-19,21-23,25,30-35H2,1-15H3. The van der Waals surface area contributed by atoms with Gasteiger partial charge in [0.05, 0.1) is 17.0 Å². The average Bonchev–Trinajstić information content (AvgIpc) is 3.78. The number of fused-ring (bicyclic) bond motifs is 9. The van der Waals surface area contributed by atoms with Gasteiger partial charge < -0.3 is 14.2 Å². The molecule has 0 N–H and O–H groups in total. The van der Waals surface area contributed by atoms with Crippen LogP contribution in [0.2, 0.25) is 0 Å². The summed E-state index contributed by atoms with van der Waals surface area (Å²) >= 11 is 0. The summed E-state index contributed by atoms with van der Waals surface area (Å²) in [6.45, 7) is 37.0. The fourth-order valence-corrected chi connectivity index (χ4v) is 15.8. The lowest BCUT2D eigenvalue weighted by Crippen LogP contribution is -2.61. The molecule has 5 aromatic carbocycles. The van der Waals surface area contributed by atoms with Gasteiger partial charge in [0.2, 0.25) is 0 Å². The second-order valence-electron chi connectivity index (χ2n) is 30.3. The van der Waals surface area contributed by atoms with Crippen molar-refractivity contribution in [3.05, 3.63) is 141 Å². The number of furan rings is 1. The zero-order chi connectivity index (χ0) is 53.4. The molecular weight excluding hydrogens is 920 g/mol. The van der Waals surface area contributed by atoms with Gasteiger partial charge in [-0.1, -0.05) is 160 Å². The third kappa shape index (κ3) is 7.61. The number of allylic oxidation sites excluding steroid dienone is 4. The van der Waals surface area contributed by atoms with Crippen LogP contribution in [0.25, 0.3) is 16.5 Å². The second kappa shape index (κ2) is 16.7. The largest absolute Gasteiger partial charge is 0.468 e. The van der Waals surface area contributed by atoms with E-state index >= 15 is 0 Å². The Morgan fingerprint density at radius 2 is 1.09 bits per heavy atom. The molecule has 1 fully saturated rings. The van der Waals surface area contributed by atoms with E-state index in [1.165, 1.54) is 177 Å². The van der Waals surface area contributed by atoms with E-state index in [4.69, 9.17) is 4.42 Å². The molecule has 394 valence electrons. The van der Waals surface area contributed by atoms with Gasteiger partial charge in [-0.15, -0.1) is 0 Å². The van der Waals surface area contributed by atoms with Gasteiger partial charge in [0.1, 0.15) is 5.58 Å². The van der Waals surface area contributed by atoms with Crippen LogP contribution in [-0.2, 0) is 37.9 Å². The Morgan fingerprint density at radius 1 is 0.539 bits per heavy atom. The van der Waals surface area contributed by atoms with Crippen molar-refractivity contribution in [2.24, 2.45) is 0 Å². The average molecular weight is 1010 g/mol. The molecule has 7 aliphatic rings. The molecule has 4 heteroatoms. The third-order valence-electron chi connectivity index (χ3n) is 21.3. The first-order chi connectivity index (χ1) is 35.8. The summed E-state index contributed by atoms with van der Waals surface area (Å²) in [5, 5.41) is 1.22. The van der Waals surface area contributed by atoms with Gasteiger partial charge in [-0.25, -0.2) is 0 Å². The summed E-state index contributed by atoms with van der Waals surface area (Å²) in [5.41, 5.74) is 27.7. The van der Waals surface area contributed by atoms with E-state index in [0.29, 0.717) is 5.92 Å². The van der Waals surface area contributed by atoms with Crippen LogP contribution in [0.15, 0.2) is 95.4 Å². The number of benzene rings is 5. The van der Waals surface area contributed by atoms with Crippen LogP contribution in [0, 0.1) is 0 Å². The zero-order valence-electron chi connectivity index (χ0n) is 49.3. The summed E-state index contributed by atoms with van der Waals surface area (Å²) in [6, 6.07) is 31.0. The van der Waals surface area contributed by atoms with Gasteiger partial charge in [-0.3, -0.25) is 0 Å². The summed E-state index contributed by atoms with van der Waals surface area (Å²) in [6.07, 6.45) is 22.7. The highest BCUT2D eigenvalue weighted by molar-refractivity contribution is 7.00. The van der Waals surface area contributed by atoms with Crippen LogP contribution < -0.4 is 26.4 Å². The lowest BCUT2D eigenvalue weighted by molar-refractivity contribution is 0.332. The highest BCUT2D eigenvalue weighted by atomic mass is 16.3. The molecule has 5 aliphatic carbocycles. The first-order valence-corrected chi connectivity index (χ1v) is 30.0. The van der Waals surface area contributed by atoms with Crippen LogP contribution in [-0.4, -0.2) is 6.71 Å². The minimum atomic E-state index is -0.110. The topological polar surface area (TPSA) is 19.6 Å². The lowest BCUT2D eigenvalue weighted by Gasteiger charge is -2.48. The summed E-state index contributed by atoms with van der Waals surface area (Å²) in [4.78, 5) is 5.58. The second-order valence-corrected chi connectivity index (χ2v) is 30.3. The van der Waals surface area contributed by atoms with E-state index < -0.39 is 0 Å². The minimum absolute atomic E-state index is 0.0211. The molecule has 76 heavy (non-hydrogen) atoms. The van der Waals surface area contributed by atoms with Gasteiger partial charge in [-0.05, 0) is 224 Å². The maximum Gasteiger partial charge on any atom is 0.297 e. The minimum Gasteiger partial charge on any atom is -0.468 e. The monoisotopic (exact) mass is 1010 g/mol. The highest BCUT2D eigenvalue weighted by Crippen LogP contribution is 2.57. The zero-order valence-corrected chi connectivity index (χ0v) is 49.3. The van der Waals surface area contributed by atoms with Gasteiger partial charge in [0.15, 0.2) is 0 Å². The Labute approximate surface area is 458 Å². The summed E-state index contributed by atoms with van der Waals surface area (Å²) in [5.74, 6) is 0.495. The van der Waals surface area contributed by atoms with Crippen molar-refractivity contribution in [3.63, 3.8) is 0 Å². The molecule has 1 saturated carbocycles. The SMILES string of the molecule is CC(C)(C)c1ccc2oc3c(c2c1)N(c1ccc2c(c1)C(C)(C)CCC2(C)C)c1cc(C2CCCCC2)cc2c1B3c1cc3c(cc1N2c1cc2c(cc1C1=CC=CCC1)C(C)(C)CCC2(C)C)C(C)(C)CCC3(C)C. The van der Waals surface area contributed by atoms with Crippen molar-refractivity contribution < 1.29 is 4.42 Å². The Hall–Kier alpha value is -5.22. The number of nitrogens with zero attached hydrogens (tertiary/aromatic N) is 2. The van der Waals surface area contributed by atoms with Gasteiger partial charge >= 0.3 is 0 Å². The Bertz CT molecular complexity index is 3480. The summed E-state index contributed by atoms with van der Waals surface area (Å²) < 4.78 is 7.69. The van der Waals surface area contributed by atoms with E-state index in [2.05, 4.69) is 205 Å². The normalized spacial score (nSPS) is 22.2. The molecule has 0 saturated heterocycles. The fourth-order valence-electron chi connectivity index (χ4n) is 15.8. The first kappa shape index (κ1) is 50.3. The molecule has 1 aromatic heterocycles. The predicted molar refractivity (Wildman–Crippen MR) is 327 cm³/mol. The number of hydrogen-bond acceptors (Lipinski definition) is 3. The maximum absolute atomic E-state index is 7.69. The lowest BCUT2D eigenvalue weighted by atomic mass is 9.35. The number of anilines is 6. The van der Waals surface area contributed by atoms with Crippen LogP contribution in [0.1, 0.15) is 243 Å². The van der Waals surface area contributed by atoms with E-state index in [9.17, 15) is 0 Å². The molecule has 13 rings (SSSR count). The molecule has 0 radical (unpaired) electrons. The van der Waals surface area contributed by atoms with Crippen LogP contribution in [0.3, 0.4) is 0 Å². The van der Waals surface area contributed by atoms with Gasteiger partial charge in [-0.2, -0.15) is 0 Å². The van der Waals surface area contributed by atoms with Crippen LogP contribution >= 0.6 is 0 Å². The number of hydrogen-bond donors (Lipinski definition) is 0. The predicted octanol–water partition coefficient (Wildman–Crippen LogP) is 18.6. The molecule has 0 unspecified atom stereocenters. The molecular formula is C72H87BN2O. The van der Waals surface area contributed by atoms with Crippen molar-refractivity contribution in [2.75, 3.05) is 9.80 Å². The van der Waals surface area contributed by atoms with E-state index in [-0.39, 0.29) is 44.6 Å². The Morgan fingerprint density at radius 3 is 1.68 bits per heavy atom. The molecule has 0 atom stereocenters. The quantitative estimate of drug-likeness (QED) is 0.164. The molecule has 2 aliphatic heterocycles. The highest BCUT2D eigenvalue weighted by Gasteiger charge is 2.51. The van der Waals surface area contributed by atoms with Crippen LogP contribution in [0.5, 0.6) is 0 Å². The maximum atomic E-state index is 7.69. The van der Waals surface area contributed by atoms with Crippen molar-refractivity contribution in [1.29, 1.82) is 0 Å². The van der Waals surface area contributed by atoms with Crippen molar-refractivity contribution in [2.45, 2.75) is 231 Å². The van der Waals surface area contributed by atoms with Crippen molar-refractivity contribution in [1.82, 2.24) is 0 Å². The molecule has 3 heterocycles. The number of rotatable bonds is 4. The van der Waals surface area contributed by atoms with Crippen molar-refractivity contribution >= 4 is 74.0 Å². The Balaban J connectivity index is 1.20. The molecule has 6 aromatic rings. The van der Waals surface area contributed by atoms with E-state index in [0.717, 1.165) is 24.1 Å². The fraction of sp³-hybridized carbons (Fsp3) is 0.500. The van der Waals surface area contributed by atoms with E-state index in [1.54, 1.807) is 0 Å². The van der Waals surface area contributed by atoms with Gasteiger partial charge in [0, 0.05) is 33.7 Å². The Kier molecular flexibility index (Phi) is 11.0. The molecule has 0 bridgehead atoms. The molecule has 0 spiro atoms. The van der Waals surface area contributed by atoms with Gasteiger partial charge in [0.25, 0.3) is 6.71 Å². The molecule has 3 nitrogen and oxygen atoms in total. The van der Waals surface area contributed by atoms with E-state index in [1.807, 2.05) is 0 Å². The third-order valence-corrected chi connectivity index (χ3v) is 21.3.